The van der Waals surface area contributed by atoms with E-state index in [0.29, 0.717) is 19.5 Å². The first-order chi connectivity index (χ1) is 7.27. The number of hydrogen-bond donors (Lipinski definition) is 3. The zero-order valence-electron chi connectivity index (χ0n) is 8.98. The van der Waals surface area contributed by atoms with E-state index in [-0.39, 0.29) is 25.0 Å². The second-order valence-electron chi connectivity index (χ2n) is 3.92. The molecule has 1 aliphatic heterocycles. The van der Waals surface area contributed by atoms with Gasteiger partial charge >= 0.3 is 0 Å². The van der Waals surface area contributed by atoms with E-state index in [2.05, 4.69) is 5.32 Å². The highest BCUT2D eigenvalue weighted by molar-refractivity contribution is 5.78. The van der Waals surface area contributed by atoms with E-state index in [1.165, 1.54) is 0 Å². The molecule has 0 saturated carbocycles. The molecule has 88 valence electrons. The van der Waals surface area contributed by atoms with Crippen LogP contribution < -0.4 is 5.32 Å². The normalized spacial score (nSPS) is 21.3. The summed E-state index contributed by atoms with van der Waals surface area (Å²) in [7, 11) is 0. The lowest BCUT2D eigenvalue weighted by Crippen LogP contribution is -2.29. The van der Waals surface area contributed by atoms with Crippen molar-refractivity contribution in [1.82, 2.24) is 10.2 Å². The summed E-state index contributed by atoms with van der Waals surface area (Å²) in [5.41, 5.74) is 0. The van der Waals surface area contributed by atoms with Gasteiger partial charge in [0.2, 0.25) is 5.91 Å². The van der Waals surface area contributed by atoms with E-state index in [1.54, 1.807) is 0 Å². The minimum atomic E-state index is 0.102. The number of aliphatic hydroxyl groups excluding tert-OH is 2. The minimum Gasteiger partial charge on any atom is -0.396 e. The van der Waals surface area contributed by atoms with Crippen molar-refractivity contribution in [1.29, 1.82) is 0 Å². The Kier molecular flexibility index (Phi) is 5.60. The molecule has 0 aromatic heterocycles. The van der Waals surface area contributed by atoms with Gasteiger partial charge in [-0.15, -0.1) is 0 Å². The second-order valence-corrected chi connectivity index (χ2v) is 3.92. The van der Waals surface area contributed by atoms with Crippen LogP contribution in [-0.2, 0) is 4.79 Å². The molecule has 15 heavy (non-hydrogen) atoms. The maximum atomic E-state index is 11.4. The third kappa shape index (κ3) is 4.15. The van der Waals surface area contributed by atoms with Crippen molar-refractivity contribution in [2.75, 3.05) is 39.4 Å². The molecule has 0 aromatic rings. The van der Waals surface area contributed by atoms with Gasteiger partial charge in [-0.05, 0) is 13.0 Å². The van der Waals surface area contributed by atoms with Crippen LogP contribution in [0.25, 0.3) is 0 Å². The van der Waals surface area contributed by atoms with Gasteiger partial charge in [0.05, 0.1) is 6.61 Å². The monoisotopic (exact) mass is 216 g/mol. The van der Waals surface area contributed by atoms with Crippen molar-refractivity contribution >= 4 is 5.91 Å². The molecule has 0 radical (unpaired) electrons. The summed E-state index contributed by atoms with van der Waals surface area (Å²) < 4.78 is 0. The number of likely N-dealkylation sites (tertiary alicyclic amines) is 1. The molecule has 0 aliphatic carbocycles. The van der Waals surface area contributed by atoms with Crippen molar-refractivity contribution in [3.63, 3.8) is 0 Å². The first-order valence-corrected chi connectivity index (χ1v) is 5.48. The summed E-state index contributed by atoms with van der Waals surface area (Å²) in [4.78, 5) is 13.2. The van der Waals surface area contributed by atoms with Gasteiger partial charge < -0.3 is 20.4 Å². The van der Waals surface area contributed by atoms with Gasteiger partial charge in [0, 0.05) is 38.6 Å². The number of amides is 1. The fourth-order valence-corrected chi connectivity index (χ4v) is 1.79. The highest BCUT2D eigenvalue weighted by Crippen LogP contribution is 2.16. The summed E-state index contributed by atoms with van der Waals surface area (Å²) in [5, 5.41) is 20.5. The lowest BCUT2D eigenvalue weighted by molar-refractivity contribution is -0.127. The predicted octanol–water partition coefficient (Wildman–Crippen LogP) is -1.20. The van der Waals surface area contributed by atoms with Crippen molar-refractivity contribution in [2.24, 2.45) is 5.92 Å². The Hall–Kier alpha value is -0.650. The quantitative estimate of drug-likeness (QED) is 0.467. The number of hydrogen-bond acceptors (Lipinski definition) is 4. The van der Waals surface area contributed by atoms with Gasteiger partial charge in [-0.3, -0.25) is 4.79 Å². The molecule has 1 unspecified atom stereocenters. The molecule has 5 heteroatoms. The fraction of sp³-hybridized carbons (Fsp3) is 0.900. The number of nitrogens with zero attached hydrogens (tertiary/aromatic N) is 1. The molecule has 3 N–H and O–H groups in total. The average molecular weight is 216 g/mol. The van der Waals surface area contributed by atoms with E-state index in [1.807, 2.05) is 4.90 Å². The highest BCUT2D eigenvalue weighted by Gasteiger charge is 2.28. The molecule has 1 rings (SSSR count). The summed E-state index contributed by atoms with van der Waals surface area (Å²) >= 11 is 0. The Morgan fingerprint density at radius 2 is 2.20 bits per heavy atom. The van der Waals surface area contributed by atoms with Gasteiger partial charge in [-0.2, -0.15) is 0 Å². The number of aliphatic hydroxyl groups is 2. The van der Waals surface area contributed by atoms with Crippen molar-refractivity contribution in [2.45, 2.75) is 12.8 Å². The predicted molar refractivity (Wildman–Crippen MR) is 56.3 cm³/mol. The average Bonchev–Trinajstić information content (AvgIpc) is 2.59. The van der Waals surface area contributed by atoms with Crippen molar-refractivity contribution < 1.29 is 15.0 Å². The molecule has 0 bridgehead atoms. The smallest absolute Gasteiger partial charge is 0.223 e. The SMILES string of the molecule is O=C1CC(CO)CN1CCCNCCO. The Balaban J connectivity index is 2.08. The maximum absolute atomic E-state index is 11.4. The summed E-state index contributed by atoms with van der Waals surface area (Å²) in [6, 6.07) is 0. The molecule has 1 fully saturated rings. The molecule has 1 atom stereocenters. The molecular formula is C10H20N2O3. The molecule has 1 saturated heterocycles. The molecular weight excluding hydrogens is 196 g/mol. The topological polar surface area (TPSA) is 72.8 Å². The molecule has 1 heterocycles. The largest absolute Gasteiger partial charge is 0.396 e. The Morgan fingerprint density at radius 1 is 1.40 bits per heavy atom. The van der Waals surface area contributed by atoms with Crippen LogP contribution in [0.1, 0.15) is 12.8 Å². The zero-order valence-corrected chi connectivity index (χ0v) is 8.98. The lowest BCUT2D eigenvalue weighted by Gasteiger charge is -2.16. The van der Waals surface area contributed by atoms with Crippen LogP contribution in [0, 0.1) is 5.92 Å². The Bertz CT molecular complexity index is 199. The van der Waals surface area contributed by atoms with E-state index in [0.717, 1.165) is 19.5 Å². The third-order valence-electron chi connectivity index (χ3n) is 2.62. The van der Waals surface area contributed by atoms with Gasteiger partial charge in [-0.1, -0.05) is 0 Å². The molecule has 0 aromatic carbocycles. The standard InChI is InChI=1S/C10H20N2O3/c13-5-3-11-2-1-4-12-7-9(8-14)6-10(12)15/h9,11,13-14H,1-8H2. The van der Waals surface area contributed by atoms with Crippen LogP contribution in [0.5, 0.6) is 0 Å². The molecule has 5 nitrogen and oxygen atoms in total. The Morgan fingerprint density at radius 3 is 2.80 bits per heavy atom. The van der Waals surface area contributed by atoms with Gasteiger partial charge in [0.1, 0.15) is 0 Å². The molecule has 1 aliphatic rings. The second kappa shape index (κ2) is 6.76. The van der Waals surface area contributed by atoms with Crippen LogP contribution in [-0.4, -0.2) is 60.4 Å². The number of rotatable bonds is 7. The maximum Gasteiger partial charge on any atom is 0.223 e. The number of carbonyl (C=O) groups excluding carboxylic acids is 1. The van der Waals surface area contributed by atoms with Gasteiger partial charge in [0.25, 0.3) is 0 Å². The first kappa shape index (κ1) is 12.4. The molecule has 1 amide bonds. The van der Waals surface area contributed by atoms with Crippen LogP contribution in [0.4, 0.5) is 0 Å². The van der Waals surface area contributed by atoms with E-state index in [4.69, 9.17) is 10.2 Å². The lowest BCUT2D eigenvalue weighted by atomic mass is 10.1. The number of carbonyl (C=O) groups is 1. The number of nitrogens with one attached hydrogen (secondary N) is 1. The minimum absolute atomic E-state index is 0.102. The fourth-order valence-electron chi connectivity index (χ4n) is 1.79. The van der Waals surface area contributed by atoms with Gasteiger partial charge in [0.15, 0.2) is 0 Å². The first-order valence-electron chi connectivity index (χ1n) is 5.48. The highest BCUT2D eigenvalue weighted by atomic mass is 16.3. The summed E-state index contributed by atoms with van der Waals surface area (Å²) in [5.74, 6) is 0.277. The van der Waals surface area contributed by atoms with E-state index in [9.17, 15) is 4.79 Å². The Labute approximate surface area is 90.1 Å². The van der Waals surface area contributed by atoms with Crippen LogP contribution in [0.3, 0.4) is 0 Å². The van der Waals surface area contributed by atoms with E-state index >= 15 is 0 Å². The van der Waals surface area contributed by atoms with Crippen LogP contribution in [0.15, 0.2) is 0 Å². The van der Waals surface area contributed by atoms with Crippen LogP contribution >= 0.6 is 0 Å². The van der Waals surface area contributed by atoms with Gasteiger partial charge in [-0.25, -0.2) is 0 Å². The van der Waals surface area contributed by atoms with Crippen LogP contribution in [0.2, 0.25) is 0 Å². The van der Waals surface area contributed by atoms with Crippen molar-refractivity contribution in [3.8, 4) is 0 Å². The zero-order chi connectivity index (χ0) is 11.1. The molecule has 0 spiro atoms. The third-order valence-corrected chi connectivity index (χ3v) is 2.62. The summed E-state index contributed by atoms with van der Waals surface area (Å²) in [6.07, 6.45) is 1.38. The summed E-state index contributed by atoms with van der Waals surface area (Å²) in [6.45, 7) is 3.10. The van der Waals surface area contributed by atoms with Crippen molar-refractivity contribution in [3.05, 3.63) is 0 Å². The van der Waals surface area contributed by atoms with E-state index < -0.39 is 0 Å².